The normalized spacial score (nSPS) is 10.9. The summed E-state index contributed by atoms with van der Waals surface area (Å²) in [6, 6.07) is 18.1. The van der Waals surface area contributed by atoms with Crippen LogP contribution < -0.4 is 9.47 Å². The Balaban J connectivity index is 1.56. The van der Waals surface area contributed by atoms with E-state index in [1.165, 1.54) is 12.5 Å². The molecule has 0 N–H and O–H groups in total. The number of esters is 2. The van der Waals surface area contributed by atoms with E-state index in [9.17, 15) is 9.59 Å². The number of ether oxygens (including phenoxy) is 3. The van der Waals surface area contributed by atoms with Crippen molar-refractivity contribution in [1.29, 1.82) is 0 Å². The molecule has 0 atom stereocenters. The quantitative estimate of drug-likeness (QED) is 0.157. The zero-order valence-corrected chi connectivity index (χ0v) is 18.9. The molecule has 0 spiro atoms. The van der Waals surface area contributed by atoms with E-state index in [4.69, 9.17) is 18.6 Å². The van der Waals surface area contributed by atoms with Gasteiger partial charge in [0.1, 0.15) is 35.5 Å². The molecule has 1 heterocycles. The molecule has 0 aliphatic heterocycles. The van der Waals surface area contributed by atoms with Gasteiger partial charge in [-0.25, -0.2) is 9.59 Å². The van der Waals surface area contributed by atoms with Crippen LogP contribution in [0.1, 0.15) is 25.2 Å². The molecule has 0 saturated heterocycles. The van der Waals surface area contributed by atoms with Crippen molar-refractivity contribution in [3.05, 3.63) is 109 Å². The summed E-state index contributed by atoms with van der Waals surface area (Å²) in [6.07, 6.45) is 6.23. The molecule has 3 rings (SSSR count). The molecule has 0 radical (unpaired) electrons. The number of carbonyl (C=O) groups is 2. The van der Waals surface area contributed by atoms with Crippen molar-refractivity contribution < 1.29 is 28.2 Å². The fraction of sp³-hybridized carbons (Fsp3) is 0.0714. The molecular weight excluding hydrogens is 432 g/mol. The molecular formula is C28H24O6. The van der Waals surface area contributed by atoms with Crippen LogP contribution in [0.5, 0.6) is 11.5 Å². The SMILES string of the molecule is C=C(C)C(=O)OC=COc1ccc(C=Cc2ccc(-c3ccc(OC(=O)C(=C)C)cc3)o2)cc1. The Kier molecular flexibility index (Phi) is 8.02. The maximum Gasteiger partial charge on any atom is 0.338 e. The van der Waals surface area contributed by atoms with E-state index in [1.54, 1.807) is 38.1 Å². The summed E-state index contributed by atoms with van der Waals surface area (Å²) in [5, 5.41) is 0. The summed E-state index contributed by atoms with van der Waals surface area (Å²) in [5.41, 5.74) is 2.46. The van der Waals surface area contributed by atoms with Crippen molar-refractivity contribution >= 4 is 24.1 Å². The summed E-state index contributed by atoms with van der Waals surface area (Å²) in [4.78, 5) is 22.9. The van der Waals surface area contributed by atoms with Gasteiger partial charge >= 0.3 is 11.9 Å². The number of furan rings is 1. The third-order valence-corrected chi connectivity index (χ3v) is 4.43. The van der Waals surface area contributed by atoms with E-state index in [1.807, 2.05) is 48.6 Å². The van der Waals surface area contributed by atoms with Crippen LogP contribution in [-0.2, 0) is 14.3 Å². The monoisotopic (exact) mass is 456 g/mol. The first-order valence-corrected chi connectivity index (χ1v) is 10.4. The van der Waals surface area contributed by atoms with Crippen LogP contribution in [0.3, 0.4) is 0 Å². The lowest BCUT2D eigenvalue weighted by molar-refractivity contribution is -0.133. The fourth-order valence-corrected chi connectivity index (χ4v) is 2.61. The second-order valence-corrected chi connectivity index (χ2v) is 7.37. The Labute approximate surface area is 198 Å². The van der Waals surface area contributed by atoms with E-state index in [0.29, 0.717) is 34.2 Å². The second kappa shape index (κ2) is 11.3. The largest absolute Gasteiger partial charge is 0.462 e. The zero-order valence-electron chi connectivity index (χ0n) is 18.9. The molecule has 34 heavy (non-hydrogen) atoms. The van der Waals surface area contributed by atoms with Crippen LogP contribution in [0, 0.1) is 0 Å². The summed E-state index contributed by atoms with van der Waals surface area (Å²) < 4.78 is 21.3. The van der Waals surface area contributed by atoms with Crippen LogP contribution in [0.2, 0.25) is 0 Å². The Morgan fingerprint density at radius 2 is 1.41 bits per heavy atom. The van der Waals surface area contributed by atoms with E-state index in [-0.39, 0.29) is 0 Å². The average molecular weight is 456 g/mol. The van der Waals surface area contributed by atoms with Crippen LogP contribution in [0.25, 0.3) is 23.5 Å². The minimum Gasteiger partial charge on any atom is -0.462 e. The lowest BCUT2D eigenvalue weighted by Crippen LogP contribution is -2.07. The van der Waals surface area contributed by atoms with Gasteiger partial charge in [-0.15, -0.1) is 0 Å². The molecule has 172 valence electrons. The zero-order chi connectivity index (χ0) is 24.5. The number of hydrogen-bond donors (Lipinski definition) is 0. The van der Waals surface area contributed by atoms with Gasteiger partial charge in [0.05, 0.1) is 0 Å². The maximum absolute atomic E-state index is 11.6. The highest BCUT2D eigenvalue weighted by Gasteiger charge is 2.07. The first-order chi connectivity index (χ1) is 16.3. The summed E-state index contributed by atoms with van der Waals surface area (Å²) in [5.74, 6) is 1.45. The van der Waals surface area contributed by atoms with Gasteiger partial charge in [0.25, 0.3) is 0 Å². The first-order valence-electron chi connectivity index (χ1n) is 10.4. The predicted octanol–water partition coefficient (Wildman–Crippen LogP) is 6.57. The van der Waals surface area contributed by atoms with Crippen molar-refractivity contribution in [2.24, 2.45) is 0 Å². The third-order valence-electron chi connectivity index (χ3n) is 4.43. The molecule has 1 aromatic heterocycles. The Morgan fingerprint density at radius 3 is 2.06 bits per heavy atom. The van der Waals surface area contributed by atoms with Gasteiger partial charge in [-0.05, 0) is 74.0 Å². The van der Waals surface area contributed by atoms with Crippen LogP contribution in [-0.4, -0.2) is 11.9 Å². The summed E-state index contributed by atoms with van der Waals surface area (Å²) in [7, 11) is 0. The van der Waals surface area contributed by atoms with Crippen molar-refractivity contribution in [3.63, 3.8) is 0 Å². The molecule has 0 amide bonds. The topological polar surface area (TPSA) is 75.0 Å². The molecule has 0 aliphatic rings. The summed E-state index contributed by atoms with van der Waals surface area (Å²) >= 11 is 0. The third kappa shape index (κ3) is 6.97. The standard InChI is InChI=1S/C28H24O6/c1-19(2)27(29)32-18-17-31-23-10-5-21(6-11-23)7-12-24-15-16-26(33-24)22-8-13-25(14-9-22)34-28(30)20(3)4/h5-18H,1,3H2,2,4H3. The van der Waals surface area contributed by atoms with Crippen molar-refractivity contribution in [3.8, 4) is 22.8 Å². The van der Waals surface area contributed by atoms with Gasteiger partial charge in [-0.3, -0.25) is 0 Å². The Bertz CT molecular complexity index is 1240. The smallest absolute Gasteiger partial charge is 0.338 e. The van der Waals surface area contributed by atoms with E-state index < -0.39 is 11.9 Å². The number of hydrogen-bond acceptors (Lipinski definition) is 6. The molecule has 6 heteroatoms. The number of carbonyl (C=O) groups excluding carboxylic acids is 2. The Hall–Kier alpha value is -4.58. The van der Waals surface area contributed by atoms with Crippen molar-refractivity contribution in [2.45, 2.75) is 13.8 Å². The molecule has 0 aliphatic carbocycles. The minimum atomic E-state index is -0.512. The first kappa shape index (κ1) is 24.1. The van der Waals surface area contributed by atoms with E-state index >= 15 is 0 Å². The summed E-state index contributed by atoms with van der Waals surface area (Å²) in [6.45, 7) is 10.2. The highest BCUT2D eigenvalue weighted by Crippen LogP contribution is 2.26. The molecule has 0 saturated carbocycles. The van der Waals surface area contributed by atoms with Gasteiger partial charge in [0.15, 0.2) is 0 Å². The highest BCUT2D eigenvalue weighted by atomic mass is 16.5. The highest BCUT2D eigenvalue weighted by molar-refractivity contribution is 5.89. The lowest BCUT2D eigenvalue weighted by atomic mass is 10.1. The second-order valence-electron chi connectivity index (χ2n) is 7.37. The van der Waals surface area contributed by atoms with Crippen LogP contribution >= 0.6 is 0 Å². The fourth-order valence-electron chi connectivity index (χ4n) is 2.61. The van der Waals surface area contributed by atoms with Crippen molar-refractivity contribution in [1.82, 2.24) is 0 Å². The minimum absolute atomic E-state index is 0.309. The molecule has 0 bridgehead atoms. The molecule has 0 unspecified atom stereocenters. The van der Waals surface area contributed by atoms with Gasteiger partial charge in [0, 0.05) is 16.7 Å². The average Bonchev–Trinajstić information content (AvgIpc) is 3.30. The lowest BCUT2D eigenvalue weighted by Gasteiger charge is -2.04. The Morgan fingerprint density at radius 1 is 0.765 bits per heavy atom. The predicted molar refractivity (Wildman–Crippen MR) is 131 cm³/mol. The number of benzene rings is 2. The maximum atomic E-state index is 11.6. The van der Waals surface area contributed by atoms with Crippen LogP contribution in [0.15, 0.2) is 102 Å². The van der Waals surface area contributed by atoms with Crippen molar-refractivity contribution in [2.75, 3.05) is 0 Å². The molecule has 0 fully saturated rings. The van der Waals surface area contributed by atoms with E-state index in [2.05, 4.69) is 13.2 Å². The van der Waals surface area contributed by atoms with Gasteiger partial charge in [0.2, 0.25) is 0 Å². The van der Waals surface area contributed by atoms with Gasteiger partial charge in [-0.2, -0.15) is 0 Å². The number of rotatable bonds is 9. The van der Waals surface area contributed by atoms with Gasteiger partial charge < -0.3 is 18.6 Å². The molecule has 6 nitrogen and oxygen atoms in total. The molecule has 3 aromatic rings. The van der Waals surface area contributed by atoms with Crippen LogP contribution in [0.4, 0.5) is 0 Å². The van der Waals surface area contributed by atoms with E-state index in [0.717, 1.165) is 11.1 Å². The molecule has 2 aromatic carbocycles. The van der Waals surface area contributed by atoms with Gasteiger partial charge in [-0.1, -0.05) is 31.4 Å².